The van der Waals surface area contributed by atoms with Gasteiger partial charge in [-0.05, 0) is 30.3 Å². The first-order chi connectivity index (χ1) is 12.5. The summed E-state index contributed by atoms with van der Waals surface area (Å²) >= 11 is 4.52. The van der Waals surface area contributed by atoms with Gasteiger partial charge in [0.25, 0.3) is 0 Å². The highest BCUT2D eigenvalue weighted by Crippen LogP contribution is 2.32. The Balaban J connectivity index is 1.70. The molecule has 9 heteroatoms. The Kier molecular flexibility index (Phi) is 5.58. The van der Waals surface area contributed by atoms with Crippen LogP contribution in [0.4, 0.5) is 10.1 Å². The minimum Gasteiger partial charge on any atom is -0.507 e. The number of carbonyl (C=O) groups excluding carboxylic acids is 1. The number of hydrogen-bond acceptors (Lipinski definition) is 5. The molecule has 0 radical (unpaired) electrons. The van der Waals surface area contributed by atoms with Gasteiger partial charge in [-0.25, -0.2) is 4.39 Å². The highest BCUT2D eigenvalue weighted by atomic mass is 79.9. The topological polar surface area (TPSA) is 80.0 Å². The molecular weight excluding hydrogens is 423 g/mol. The fourth-order valence-electron chi connectivity index (χ4n) is 2.24. The third-order valence-corrected chi connectivity index (χ3v) is 5.03. The number of carbonyl (C=O) groups is 1. The van der Waals surface area contributed by atoms with Crippen LogP contribution in [0.1, 0.15) is 0 Å². The molecule has 134 valence electrons. The maximum atomic E-state index is 13.6. The largest absolute Gasteiger partial charge is 0.507 e. The van der Waals surface area contributed by atoms with Crippen LogP contribution in [-0.2, 0) is 11.8 Å². The van der Waals surface area contributed by atoms with E-state index in [2.05, 4.69) is 31.4 Å². The van der Waals surface area contributed by atoms with E-state index in [1.165, 1.54) is 23.9 Å². The molecule has 3 rings (SSSR count). The summed E-state index contributed by atoms with van der Waals surface area (Å²) in [6.45, 7) is 0. The van der Waals surface area contributed by atoms with Crippen molar-refractivity contribution in [1.82, 2.24) is 14.8 Å². The van der Waals surface area contributed by atoms with E-state index in [0.29, 0.717) is 16.5 Å². The van der Waals surface area contributed by atoms with Gasteiger partial charge in [0.1, 0.15) is 11.6 Å². The molecule has 26 heavy (non-hydrogen) atoms. The Labute approximate surface area is 161 Å². The highest BCUT2D eigenvalue weighted by molar-refractivity contribution is 9.10. The zero-order chi connectivity index (χ0) is 18.7. The molecule has 1 amide bonds. The molecule has 0 spiro atoms. The van der Waals surface area contributed by atoms with Crippen LogP contribution in [0.5, 0.6) is 5.75 Å². The zero-order valence-corrected chi connectivity index (χ0v) is 16.0. The van der Waals surface area contributed by atoms with E-state index in [9.17, 15) is 14.3 Å². The lowest BCUT2D eigenvalue weighted by Gasteiger charge is -2.07. The number of nitrogens with one attached hydrogen (secondary N) is 1. The molecular formula is C17H14BrFN4O2S. The van der Waals surface area contributed by atoms with Crippen molar-refractivity contribution >= 4 is 39.3 Å². The van der Waals surface area contributed by atoms with Gasteiger partial charge in [0, 0.05) is 11.5 Å². The summed E-state index contributed by atoms with van der Waals surface area (Å²) in [5, 5.41) is 21.2. The predicted molar refractivity (Wildman–Crippen MR) is 102 cm³/mol. The average molecular weight is 437 g/mol. The van der Waals surface area contributed by atoms with Gasteiger partial charge in [-0.3, -0.25) is 4.79 Å². The van der Waals surface area contributed by atoms with E-state index in [-0.39, 0.29) is 23.1 Å². The van der Waals surface area contributed by atoms with Crippen molar-refractivity contribution in [3.8, 4) is 17.1 Å². The van der Waals surface area contributed by atoms with E-state index in [1.807, 2.05) is 0 Å². The van der Waals surface area contributed by atoms with E-state index >= 15 is 0 Å². The molecule has 0 atom stereocenters. The molecule has 0 bridgehead atoms. The minimum absolute atomic E-state index is 0.0464. The first-order valence-electron chi connectivity index (χ1n) is 7.51. The second-order valence-corrected chi connectivity index (χ2v) is 7.20. The first-order valence-corrected chi connectivity index (χ1v) is 9.29. The van der Waals surface area contributed by atoms with Crippen molar-refractivity contribution in [1.29, 1.82) is 0 Å². The number of halogens is 2. The molecule has 0 saturated carbocycles. The van der Waals surface area contributed by atoms with E-state index in [4.69, 9.17) is 0 Å². The van der Waals surface area contributed by atoms with Gasteiger partial charge in [-0.2, -0.15) is 0 Å². The van der Waals surface area contributed by atoms with Crippen LogP contribution in [0.3, 0.4) is 0 Å². The smallest absolute Gasteiger partial charge is 0.234 e. The number of phenolic OH excluding ortho intramolecular Hbond substituents is 1. The molecule has 0 aliphatic rings. The van der Waals surface area contributed by atoms with Gasteiger partial charge in [0.05, 0.1) is 17.0 Å². The van der Waals surface area contributed by atoms with Gasteiger partial charge < -0.3 is 15.0 Å². The number of nitrogens with zero attached hydrogens (tertiary/aromatic N) is 3. The molecule has 1 aromatic heterocycles. The molecule has 1 heterocycles. The number of amides is 1. The standard InChI is InChI=1S/C17H14BrFN4O2S/c1-23-16(11-8-10(18)6-7-14(11)24)21-22-17(23)26-9-15(25)20-13-5-3-2-4-12(13)19/h2-8,24H,9H2,1H3,(H,20,25). The van der Waals surface area contributed by atoms with Gasteiger partial charge in [0.2, 0.25) is 5.91 Å². The summed E-state index contributed by atoms with van der Waals surface area (Å²) in [5.74, 6) is -0.240. The highest BCUT2D eigenvalue weighted by Gasteiger charge is 2.16. The number of phenols is 1. The Morgan fingerprint density at radius 1 is 1.31 bits per heavy atom. The number of hydrogen-bond donors (Lipinski definition) is 2. The normalized spacial score (nSPS) is 10.7. The summed E-state index contributed by atoms with van der Waals surface area (Å²) in [6, 6.07) is 11.0. The second-order valence-electron chi connectivity index (χ2n) is 5.34. The van der Waals surface area contributed by atoms with E-state index < -0.39 is 5.82 Å². The van der Waals surface area contributed by atoms with Crippen molar-refractivity contribution in [2.75, 3.05) is 11.1 Å². The fourth-order valence-corrected chi connectivity index (χ4v) is 3.31. The lowest BCUT2D eigenvalue weighted by atomic mass is 10.2. The monoisotopic (exact) mass is 436 g/mol. The Morgan fingerprint density at radius 3 is 2.85 bits per heavy atom. The van der Waals surface area contributed by atoms with Crippen LogP contribution in [0.15, 0.2) is 52.1 Å². The molecule has 0 aliphatic carbocycles. The number of para-hydroxylation sites is 1. The lowest BCUT2D eigenvalue weighted by Crippen LogP contribution is -2.15. The fraction of sp³-hybridized carbons (Fsp3) is 0.118. The summed E-state index contributed by atoms with van der Waals surface area (Å²) in [5.41, 5.74) is 0.660. The summed E-state index contributed by atoms with van der Waals surface area (Å²) in [7, 11) is 1.74. The van der Waals surface area contributed by atoms with Crippen molar-refractivity contribution in [2.45, 2.75) is 5.16 Å². The molecule has 2 aromatic carbocycles. The summed E-state index contributed by atoms with van der Waals surface area (Å²) < 4.78 is 16.0. The molecule has 0 unspecified atom stereocenters. The van der Waals surface area contributed by atoms with Crippen molar-refractivity contribution in [2.24, 2.45) is 7.05 Å². The molecule has 0 saturated heterocycles. The molecule has 6 nitrogen and oxygen atoms in total. The van der Waals surface area contributed by atoms with Crippen molar-refractivity contribution < 1.29 is 14.3 Å². The number of anilines is 1. The van der Waals surface area contributed by atoms with Crippen LogP contribution in [-0.4, -0.2) is 31.5 Å². The summed E-state index contributed by atoms with van der Waals surface area (Å²) in [4.78, 5) is 12.0. The van der Waals surface area contributed by atoms with Gasteiger partial charge in [0.15, 0.2) is 11.0 Å². The molecule has 0 aliphatic heterocycles. The van der Waals surface area contributed by atoms with Crippen molar-refractivity contribution in [3.05, 3.63) is 52.8 Å². The maximum absolute atomic E-state index is 13.6. The average Bonchev–Trinajstić information content (AvgIpc) is 2.98. The summed E-state index contributed by atoms with van der Waals surface area (Å²) in [6.07, 6.45) is 0. The SMILES string of the molecule is Cn1c(SCC(=O)Nc2ccccc2F)nnc1-c1cc(Br)ccc1O. The molecule has 2 N–H and O–H groups in total. The Morgan fingerprint density at radius 2 is 2.08 bits per heavy atom. The Bertz CT molecular complexity index is 964. The van der Waals surface area contributed by atoms with Crippen LogP contribution < -0.4 is 5.32 Å². The van der Waals surface area contributed by atoms with Gasteiger partial charge in [-0.1, -0.05) is 39.8 Å². The lowest BCUT2D eigenvalue weighted by molar-refractivity contribution is -0.113. The number of benzene rings is 2. The van der Waals surface area contributed by atoms with E-state index in [0.717, 1.165) is 4.47 Å². The Hall–Kier alpha value is -2.39. The van der Waals surface area contributed by atoms with Gasteiger partial charge >= 0.3 is 0 Å². The first kappa shape index (κ1) is 18.4. The van der Waals surface area contributed by atoms with Crippen LogP contribution >= 0.6 is 27.7 Å². The third-order valence-electron chi connectivity index (χ3n) is 3.51. The van der Waals surface area contributed by atoms with Crippen LogP contribution in [0, 0.1) is 5.82 Å². The number of aromatic hydroxyl groups is 1. The quantitative estimate of drug-likeness (QED) is 0.594. The van der Waals surface area contributed by atoms with Crippen LogP contribution in [0.25, 0.3) is 11.4 Å². The number of thioether (sulfide) groups is 1. The minimum atomic E-state index is -0.489. The van der Waals surface area contributed by atoms with Crippen LogP contribution in [0.2, 0.25) is 0 Å². The molecule has 3 aromatic rings. The van der Waals surface area contributed by atoms with Crippen molar-refractivity contribution in [3.63, 3.8) is 0 Å². The maximum Gasteiger partial charge on any atom is 0.234 e. The zero-order valence-electron chi connectivity index (χ0n) is 13.6. The third kappa shape index (κ3) is 4.05. The predicted octanol–water partition coefficient (Wildman–Crippen LogP) is 3.82. The number of rotatable bonds is 5. The molecule has 0 fully saturated rings. The van der Waals surface area contributed by atoms with E-state index in [1.54, 1.807) is 41.9 Å². The second kappa shape index (κ2) is 7.88. The van der Waals surface area contributed by atoms with Gasteiger partial charge in [-0.15, -0.1) is 10.2 Å². The number of aromatic nitrogens is 3.